The van der Waals surface area contributed by atoms with Crippen LogP contribution in [0.1, 0.15) is 0 Å². The second kappa shape index (κ2) is 4.21. The zero-order chi connectivity index (χ0) is 13.5. The van der Waals surface area contributed by atoms with Crippen molar-refractivity contribution in [2.45, 2.75) is 0 Å². The van der Waals surface area contributed by atoms with E-state index in [-0.39, 0.29) is 0 Å². The monoisotopic (exact) mass is 282 g/mol. The number of para-hydroxylation sites is 2. The SMILES string of the molecule is Clc1ncnc2c1cnn2-c1cnc2ccccc2n1. The van der Waals surface area contributed by atoms with Crippen molar-refractivity contribution in [1.29, 1.82) is 0 Å². The molecule has 4 aromatic rings. The maximum absolute atomic E-state index is 6.01. The Hall–Kier alpha value is -2.60. The van der Waals surface area contributed by atoms with E-state index in [0.29, 0.717) is 22.0 Å². The first-order valence-electron chi connectivity index (χ1n) is 5.89. The van der Waals surface area contributed by atoms with Crippen LogP contribution in [0.5, 0.6) is 0 Å². The van der Waals surface area contributed by atoms with E-state index < -0.39 is 0 Å². The van der Waals surface area contributed by atoms with Crippen LogP contribution < -0.4 is 0 Å². The number of fused-ring (bicyclic) bond motifs is 2. The Balaban J connectivity index is 1.99. The Morgan fingerprint density at radius 1 is 0.950 bits per heavy atom. The van der Waals surface area contributed by atoms with Crippen LogP contribution >= 0.6 is 11.6 Å². The van der Waals surface area contributed by atoms with Crippen molar-refractivity contribution in [2.24, 2.45) is 0 Å². The summed E-state index contributed by atoms with van der Waals surface area (Å²) in [7, 11) is 0. The van der Waals surface area contributed by atoms with E-state index in [4.69, 9.17) is 11.6 Å². The Bertz CT molecular complexity index is 932. The molecule has 3 heterocycles. The highest BCUT2D eigenvalue weighted by atomic mass is 35.5. The second-order valence-electron chi connectivity index (χ2n) is 4.18. The standard InChI is InChI=1S/C13H7ClN6/c14-12-8-5-18-20(13(8)17-7-16-12)11-6-15-9-3-1-2-4-10(9)19-11/h1-7H. The fourth-order valence-corrected chi connectivity index (χ4v) is 2.21. The quantitative estimate of drug-likeness (QED) is 0.501. The minimum Gasteiger partial charge on any atom is -0.251 e. The Morgan fingerprint density at radius 2 is 1.80 bits per heavy atom. The largest absolute Gasteiger partial charge is 0.251 e. The van der Waals surface area contributed by atoms with Gasteiger partial charge >= 0.3 is 0 Å². The van der Waals surface area contributed by atoms with Crippen molar-refractivity contribution in [1.82, 2.24) is 29.7 Å². The molecule has 0 saturated carbocycles. The van der Waals surface area contributed by atoms with E-state index in [0.717, 1.165) is 11.0 Å². The first-order chi connectivity index (χ1) is 9.83. The molecule has 0 N–H and O–H groups in total. The van der Waals surface area contributed by atoms with Crippen molar-refractivity contribution in [2.75, 3.05) is 0 Å². The molecule has 0 radical (unpaired) electrons. The molecule has 0 atom stereocenters. The molecule has 20 heavy (non-hydrogen) atoms. The Kier molecular flexibility index (Phi) is 2.37. The van der Waals surface area contributed by atoms with Gasteiger partial charge in [-0.1, -0.05) is 23.7 Å². The van der Waals surface area contributed by atoms with Gasteiger partial charge in [0, 0.05) is 0 Å². The van der Waals surface area contributed by atoms with Gasteiger partial charge in [0.25, 0.3) is 0 Å². The zero-order valence-corrected chi connectivity index (χ0v) is 10.9. The fourth-order valence-electron chi connectivity index (χ4n) is 2.03. The van der Waals surface area contributed by atoms with Crippen LogP contribution in [0, 0.1) is 0 Å². The summed E-state index contributed by atoms with van der Waals surface area (Å²) in [5.41, 5.74) is 2.24. The van der Waals surface area contributed by atoms with E-state index in [1.54, 1.807) is 17.1 Å². The van der Waals surface area contributed by atoms with Gasteiger partial charge in [0.15, 0.2) is 11.5 Å². The molecule has 3 aromatic heterocycles. The third-order valence-electron chi connectivity index (χ3n) is 2.97. The summed E-state index contributed by atoms with van der Waals surface area (Å²) in [5.74, 6) is 0.591. The molecular formula is C13H7ClN6. The summed E-state index contributed by atoms with van der Waals surface area (Å²) >= 11 is 6.01. The molecule has 96 valence electrons. The number of hydrogen-bond donors (Lipinski definition) is 0. The highest BCUT2D eigenvalue weighted by Crippen LogP contribution is 2.21. The molecule has 4 rings (SSSR count). The lowest BCUT2D eigenvalue weighted by atomic mass is 10.3. The average molecular weight is 283 g/mol. The van der Waals surface area contributed by atoms with Gasteiger partial charge in [0.1, 0.15) is 11.5 Å². The van der Waals surface area contributed by atoms with Gasteiger partial charge in [-0.25, -0.2) is 15.0 Å². The minimum absolute atomic E-state index is 0.370. The maximum Gasteiger partial charge on any atom is 0.174 e. The summed E-state index contributed by atoms with van der Waals surface area (Å²) in [6.45, 7) is 0. The molecule has 0 unspecified atom stereocenters. The zero-order valence-electron chi connectivity index (χ0n) is 10.1. The van der Waals surface area contributed by atoms with Gasteiger partial charge in [-0.3, -0.25) is 4.98 Å². The second-order valence-corrected chi connectivity index (χ2v) is 4.53. The van der Waals surface area contributed by atoms with Crippen molar-refractivity contribution >= 4 is 33.7 Å². The Labute approximate surface area is 118 Å². The van der Waals surface area contributed by atoms with Crippen LogP contribution in [0.2, 0.25) is 5.15 Å². The van der Waals surface area contributed by atoms with Crippen LogP contribution in [-0.2, 0) is 0 Å². The summed E-state index contributed by atoms with van der Waals surface area (Å²) in [6.07, 6.45) is 4.68. The lowest BCUT2D eigenvalue weighted by molar-refractivity contribution is 0.860. The molecule has 6 nitrogen and oxygen atoms in total. The predicted octanol–water partition coefficient (Wildman–Crippen LogP) is 2.41. The van der Waals surface area contributed by atoms with E-state index in [1.807, 2.05) is 24.3 Å². The molecule has 0 fully saturated rings. The molecule has 0 saturated heterocycles. The van der Waals surface area contributed by atoms with E-state index in [2.05, 4.69) is 25.0 Å². The molecular weight excluding hydrogens is 276 g/mol. The topological polar surface area (TPSA) is 69.4 Å². The number of rotatable bonds is 1. The summed E-state index contributed by atoms with van der Waals surface area (Å²) < 4.78 is 1.60. The van der Waals surface area contributed by atoms with Gasteiger partial charge in [0.2, 0.25) is 0 Å². The number of benzene rings is 1. The summed E-state index contributed by atoms with van der Waals surface area (Å²) in [4.78, 5) is 17.0. The molecule has 7 heteroatoms. The van der Waals surface area contributed by atoms with Crippen LogP contribution in [0.15, 0.2) is 43.0 Å². The van der Waals surface area contributed by atoms with Gasteiger partial charge in [-0.05, 0) is 12.1 Å². The lowest BCUT2D eigenvalue weighted by Gasteiger charge is -2.03. The molecule has 0 amide bonds. The number of halogens is 1. The smallest absolute Gasteiger partial charge is 0.174 e. The molecule has 0 spiro atoms. The van der Waals surface area contributed by atoms with Crippen LogP contribution in [0.3, 0.4) is 0 Å². The van der Waals surface area contributed by atoms with Crippen LogP contribution in [-0.4, -0.2) is 29.7 Å². The predicted molar refractivity (Wildman–Crippen MR) is 74.8 cm³/mol. The normalized spacial score (nSPS) is 11.2. The van der Waals surface area contributed by atoms with Gasteiger partial charge < -0.3 is 0 Å². The van der Waals surface area contributed by atoms with Crippen molar-refractivity contribution in [3.8, 4) is 5.82 Å². The van der Waals surface area contributed by atoms with Crippen molar-refractivity contribution in [3.63, 3.8) is 0 Å². The van der Waals surface area contributed by atoms with Gasteiger partial charge in [0.05, 0.1) is 28.8 Å². The lowest BCUT2D eigenvalue weighted by Crippen LogP contribution is -2.01. The molecule has 1 aromatic carbocycles. The third-order valence-corrected chi connectivity index (χ3v) is 3.27. The fraction of sp³-hybridized carbons (Fsp3) is 0. The highest BCUT2D eigenvalue weighted by Gasteiger charge is 2.11. The average Bonchev–Trinajstić information content (AvgIpc) is 2.92. The molecule has 0 aliphatic carbocycles. The van der Waals surface area contributed by atoms with Gasteiger partial charge in [-0.15, -0.1) is 0 Å². The third kappa shape index (κ3) is 1.62. The highest BCUT2D eigenvalue weighted by molar-refractivity contribution is 6.33. The van der Waals surface area contributed by atoms with Gasteiger partial charge in [-0.2, -0.15) is 9.78 Å². The number of hydrogen-bond acceptors (Lipinski definition) is 5. The van der Waals surface area contributed by atoms with Crippen molar-refractivity contribution < 1.29 is 0 Å². The van der Waals surface area contributed by atoms with E-state index in [9.17, 15) is 0 Å². The van der Waals surface area contributed by atoms with E-state index >= 15 is 0 Å². The maximum atomic E-state index is 6.01. The molecule has 0 aliphatic rings. The first-order valence-corrected chi connectivity index (χ1v) is 6.27. The molecule has 0 aliphatic heterocycles. The van der Waals surface area contributed by atoms with Crippen molar-refractivity contribution in [3.05, 3.63) is 48.1 Å². The minimum atomic E-state index is 0.370. The number of aromatic nitrogens is 6. The Morgan fingerprint density at radius 3 is 2.70 bits per heavy atom. The van der Waals surface area contributed by atoms with E-state index in [1.165, 1.54) is 6.33 Å². The first kappa shape index (κ1) is 11.2. The summed E-state index contributed by atoms with van der Waals surface area (Å²) in [5, 5.41) is 5.32. The number of nitrogens with zero attached hydrogens (tertiary/aromatic N) is 6. The van der Waals surface area contributed by atoms with Crippen LogP contribution in [0.4, 0.5) is 0 Å². The van der Waals surface area contributed by atoms with Crippen LogP contribution in [0.25, 0.3) is 27.9 Å². The summed E-state index contributed by atoms with van der Waals surface area (Å²) in [6, 6.07) is 7.65. The molecule has 0 bridgehead atoms.